The van der Waals surface area contributed by atoms with Crippen molar-refractivity contribution in [2.45, 2.75) is 40.0 Å². The molecule has 0 saturated heterocycles. The maximum Gasteiger partial charge on any atom is 0.206 e. The van der Waals surface area contributed by atoms with Gasteiger partial charge in [-0.25, -0.2) is 0 Å². The third-order valence-corrected chi connectivity index (χ3v) is 3.87. The molecule has 0 saturated carbocycles. The number of carbonyl (C=O) groups excluding carboxylic acids is 2. The van der Waals surface area contributed by atoms with Crippen LogP contribution in [-0.4, -0.2) is 24.7 Å². The Morgan fingerprint density at radius 1 is 0.731 bits per heavy atom. The van der Waals surface area contributed by atoms with Crippen LogP contribution < -0.4 is 19.8 Å². The number of rotatable bonds is 11. The minimum absolute atomic E-state index is 0.152. The average Bonchev–Trinajstić information content (AvgIpc) is 2.60. The quantitative estimate of drug-likeness (QED) is 0.450. The Morgan fingerprint density at radius 3 is 1.38 bits per heavy atom. The van der Waals surface area contributed by atoms with E-state index in [1.54, 1.807) is 13.8 Å². The van der Waals surface area contributed by atoms with Crippen molar-refractivity contribution in [3.8, 4) is 0 Å². The standard InChI is InChI=1S/C20H28N4O2/c1-17(25)15-23-9-3-19(4-10-23)13-21-7-8-22-14-20-5-11-24(12-6-20)16-18(2)26/h3-6,9-12,21-22H,7-8,13-16H2,1-2H3/q+2. The summed E-state index contributed by atoms with van der Waals surface area (Å²) in [6.07, 6.45) is 7.74. The first-order valence-corrected chi connectivity index (χ1v) is 8.89. The van der Waals surface area contributed by atoms with E-state index in [0.717, 1.165) is 26.2 Å². The van der Waals surface area contributed by atoms with Crippen LogP contribution in [0.4, 0.5) is 0 Å². The molecule has 0 bridgehead atoms. The van der Waals surface area contributed by atoms with Gasteiger partial charge in [0.05, 0.1) is 0 Å². The van der Waals surface area contributed by atoms with Gasteiger partial charge in [-0.1, -0.05) is 0 Å². The first-order valence-electron chi connectivity index (χ1n) is 8.89. The van der Waals surface area contributed by atoms with E-state index in [9.17, 15) is 9.59 Å². The fraction of sp³-hybridized carbons (Fsp3) is 0.400. The van der Waals surface area contributed by atoms with Gasteiger partial charge in [0.1, 0.15) is 0 Å². The van der Waals surface area contributed by atoms with Gasteiger partial charge in [-0.15, -0.1) is 0 Å². The lowest BCUT2D eigenvalue weighted by atomic mass is 10.2. The Kier molecular flexibility index (Phi) is 8.05. The predicted octanol–water partition coefficient (Wildman–Crippen LogP) is 0.319. The van der Waals surface area contributed by atoms with Gasteiger partial charge in [0, 0.05) is 64.3 Å². The number of nitrogens with one attached hydrogen (secondary N) is 2. The van der Waals surface area contributed by atoms with E-state index in [4.69, 9.17) is 0 Å². The lowest BCUT2D eigenvalue weighted by Gasteiger charge is -2.06. The molecule has 2 rings (SSSR count). The van der Waals surface area contributed by atoms with Crippen LogP contribution in [0.25, 0.3) is 0 Å². The van der Waals surface area contributed by atoms with Gasteiger partial charge >= 0.3 is 0 Å². The summed E-state index contributed by atoms with van der Waals surface area (Å²) in [5.41, 5.74) is 2.39. The van der Waals surface area contributed by atoms with Crippen LogP contribution in [0.1, 0.15) is 25.0 Å². The second-order valence-electron chi connectivity index (χ2n) is 6.52. The van der Waals surface area contributed by atoms with Crippen molar-refractivity contribution in [2.75, 3.05) is 13.1 Å². The fourth-order valence-corrected chi connectivity index (χ4v) is 2.58. The highest BCUT2D eigenvalue weighted by atomic mass is 16.1. The van der Waals surface area contributed by atoms with E-state index < -0.39 is 0 Å². The van der Waals surface area contributed by atoms with Gasteiger partial charge in [-0.2, -0.15) is 9.13 Å². The van der Waals surface area contributed by atoms with E-state index in [2.05, 4.69) is 10.6 Å². The van der Waals surface area contributed by atoms with Crippen molar-refractivity contribution in [1.29, 1.82) is 0 Å². The van der Waals surface area contributed by atoms with Gasteiger partial charge in [-0.05, 0) is 11.1 Å². The predicted molar refractivity (Wildman–Crippen MR) is 98.0 cm³/mol. The highest BCUT2D eigenvalue weighted by Gasteiger charge is 2.05. The van der Waals surface area contributed by atoms with E-state index in [1.165, 1.54) is 11.1 Å². The number of aromatic nitrogens is 2. The smallest absolute Gasteiger partial charge is 0.206 e. The van der Waals surface area contributed by atoms with Crippen molar-refractivity contribution in [3.63, 3.8) is 0 Å². The Bertz CT molecular complexity index is 648. The first kappa shape index (κ1) is 19.9. The van der Waals surface area contributed by atoms with E-state index in [-0.39, 0.29) is 11.6 Å². The fourth-order valence-electron chi connectivity index (χ4n) is 2.58. The number of nitrogens with zero attached hydrogens (tertiary/aromatic N) is 2. The summed E-state index contributed by atoms with van der Waals surface area (Å²) in [6, 6.07) is 8.13. The van der Waals surface area contributed by atoms with Crippen LogP contribution >= 0.6 is 0 Å². The number of hydrogen-bond acceptors (Lipinski definition) is 4. The molecule has 0 fully saturated rings. The molecule has 6 nitrogen and oxygen atoms in total. The van der Waals surface area contributed by atoms with Gasteiger partial charge in [0.25, 0.3) is 0 Å². The van der Waals surface area contributed by atoms with Crippen molar-refractivity contribution in [2.24, 2.45) is 0 Å². The highest BCUT2D eigenvalue weighted by Crippen LogP contribution is 1.95. The van der Waals surface area contributed by atoms with Crippen molar-refractivity contribution >= 4 is 11.6 Å². The second kappa shape index (κ2) is 10.5. The molecule has 0 radical (unpaired) electrons. The molecular formula is C20H28N4O2+2. The summed E-state index contributed by atoms with van der Waals surface area (Å²) in [7, 11) is 0. The van der Waals surface area contributed by atoms with Crippen LogP contribution in [-0.2, 0) is 35.8 Å². The molecule has 2 N–H and O–H groups in total. The van der Waals surface area contributed by atoms with Crippen molar-refractivity contribution in [1.82, 2.24) is 10.6 Å². The molecule has 0 aliphatic rings. The first-order chi connectivity index (χ1) is 12.5. The van der Waals surface area contributed by atoms with Crippen LogP contribution in [0.2, 0.25) is 0 Å². The summed E-state index contributed by atoms with van der Waals surface area (Å²) in [5.74, 6) is 0.304. The van der Waals surface area contributed by atoms with Gasteiger partial charge in [0.2, 0.25) is 13.1 Å². The minimum atomic E-state index is 0.152. The zero-order valence-corrected chi connectivity index (χ0v) is 15.6. The minimum Gasteiger partial charge on any atom is -0.311 e. The monoisotopic (exact) mass is 356 g/mol. The molecule has 0 spiro atoms. The normalized spacial score (nSPS) is 10.7. The lowest BCUT2D eigenvalue weighted by molar-refractivity contribution is -0.684. The third kappa shape index (κ3) is 7.63. The van der Waals surface area contributed by atoms with E-state index >= 15 is 0 Å². The Balaban J connectivity index is 1.60. The number of pyridine rings is 2. The van der Waals surface area contributed by atoms with Crippen molar-refractivity contribution < 1.29 is 18.7 Å². The van der Waals surface area contributed by atoms with Crippen LogP contribution in [0.3, 0.4) is 0 Å². The molecule has 0 aliphatic carbocycles. The molecule has 0 amide bonds. The molecule has 6 heteroatoms. The van der Waals surface area contributed by atoms with Crippen molar-refractivity contribution in [3.05, 3.63) is 60.2 Å². The van der Waals surface area contributed by atoms with E-state index in [1.807, 2.05) is 58.2 Å². The molecule has 0 unspecified atom stereocenters. The molecule has 26 heavy (non-hydrogen) atoms. The zero-order chi connectivity index (χ0) is 18.8. The molecule has 2 heterocycles. The molecule has 0 aromatic carbocycles. The van der Waals surface area contributed by atoms with Crippen LogP contribution in [0.15, 0.2) is 49.1 Å². The highest BCUT2D eigenvalue weighted by molar-refractivity contribution is 5.74. The zero-order valence-electron chi connectivity index (χ0n) is 15.6. The summed E-state index contributed by atoms with van der Waals surface area (Å²) >= 11 is 0. The molecule has 0 atom stereocenters. The number of Topliss-reactive ketones (excluding diaryl/α,β-unsaturated/α-hetero) is 2. The number of ketones is 2. The Hall–Kier alpha value is -2.44. The maximum atomic E-state index is 11.1. The number of carbonyl (C=O) groups is 2. The SMILES string of the molecule is CC(=O)C[n+]1ccc(CNCCNCc2cc[n+](CC(C)=O)cc2)cc1. The Labute approximate surface area is 154 Å². The van der Waals surface area contributed by atoms with Gasteiger partial charge in [0.15, 0.2) is 36.4 Å². The molecule has 2 aromatic rings. The average molecular weight is 356 g/mol. The number of hydrogen-bond donors (Lipinski definition) is 2. The third-order valence-electron chi connectivity index (χ3n) is 3.87. The lowest BCUT2D eigenvalue weighted by Crippen LogP contribution is -2.36. The summed E-state index contributed by atoms with van der Waals surface area (Å²) < 4.78 is 3.76. The van der Waals surface area contributed by atoms with Crippen LogP contribution in [0.5, 0.6) is 0 Å². The molecule has 2 aromatic heterocycles. The summed E-state index contributed by atoms with van der Waals surface area (Å²) in [4.78, 5) is 22.2. The molecular weight excluding hydrogens is 328 g/mol. The topological polar surface area (TPSA) is 66.0 Å². The van der Waals surface area contributed by atoms with E-state index in [0.29, 0.717) is 13.1 Å². The maximum absolute atomic E-state index is 11.1. The Morgan fingerprint density at radius 2 is 1.08 bits per heavy atom. The summed E-state index contributed by atoms with van der Waals surface area (Å²) in [6.45, 7) is 7.39. The second-order valence-corrected chi connectivity index (χ2v) is 6.52. The molecule has 138 valence electrons. The largest absolute Gasteiger partial charge is 0.311 e. The van der Waals surface area contributed by atoms with Gasteiger partial charge < -0.3 is 10.6 Å². The molecule has 0 aliphatic heterocycles. The van der Waals surface area contributed by atoms with Gasteiger partial charge in [-0.3, -0.25) is 9.59 Å². The summed E-state index contributed by atoms with van der Waals surface area (Å²) in [5, 5.41) is 6.80. The van der Waals surface area contributed by atoms with Crippen LogP contribution in [0, 0.1) is 0 Å².